The van der Waals surface area contributed by atoms with Gasteiger partial charge in [-0.15, -0.1) is 6.58 Å². The van der Waals surface area contributed by atoms with Crippen molar-refractivity contribution in [3.05, 3.63) is 30.6 Å². The van der Waals surface area contributed by atoms with Crippen molar-refractivity contribution in [3.8, 4) is 0 Å². The number of hydrogen-bond acceptors (Lipinski definition) is 3. The van der Waals surface area contributed by atoms with E-state index in [0.717, 1.165) is 38.9 Å². The molecular weight excluding hydrogens is 252 g/mol. The Balaban J connectivity index is 1.71. The molecule has 1 saturated heterocycles. The molecule has 110 valence electrons. The van der Waals surface area contributed by atoms with Gasteiger partial charge in [-0.25, -0.2) is 0 Å². The first-order valence-corrected chi connectivity index (χ1v) is 7.33. The van der Waals surface area contributed by atoms with Gasteiger partial charge in [0.1, 0.15) is 5.69 Å². The molecule has 0 spiro atoms. The number of aromatic nitrogens is 2. The lowest BCUT2D eigenvalue weighted by Crippen LogP contribution is -2.44. The number of piperidine rings is 1. The van der Waals surface area contributed by atoms with Gasteiger partial charge in [0.05, 0.1) is 0 Å². The Kier molecular flexibility index (Phi) is 5.35. The van der Waals surface area contributed by atoms with Crippen molar-refractivity contribution >= 4 is 5.91 Å². The summed E-state index contributed by atoms with van der Waals surface area (Å²) in [6.07, 6.45) is 8.06. The molecule has 0 aromatic carbocycles. The molecule has 1 amide bonds. The Morgan fingerprint density at radius 3 is 2.90 bits per heavy atom. The average Bonchev–Trinajstić information content (AvgIpc) is 2.88. The second-order valence-electron chi connectivity index (χ2n) is 5.39. The zero-order valence-corrected chi connectivity index (χ0v) is 12.2. The summed E-state index contributed by atoms with van der Waals surface area (Å²) in [6, 6.07) is 2.03. The lowest BCUT2D eigenvalue weighted by Gasteiger charge is -2.32. The van der Waals surface area contributed by atoms with Crippen LogP contribution in [-0.2, 0) is 7.05 Å². The second-order valence-corrected chi connectivity index (χ2v) is 5.39. The number of likely N-dealkylation sites (tertiary alicyclic amines) is 1. The Labute approximate surface area is 120 Å². The summed E-state index contributed by atoms with van der Waals surface area (Å²) in [5, 5.41) is 7.20. The Hall–Kier alpha value is -1.62. The van der Waals surface area contributed by atoms with Crippen LogP contribution in [0.1, 0.15) is 36.2 Å². The van der Waals surface area contributed by atoms with Gasteiger partial charge in [0.15, 0.2) is 0 Å². The van der Waals surface area contributed by atoms with Gasteiger partial charge in [-0.2, -0.15) is 5.10 Å². The first-order chi connectivity index (χ1) is 9.69. The molecule has 1 aliphatic rings. The number of unbranched alkanes of at least 4 members (excludes halogenated alkanes) is 1. The maximum Gasteiger partial charge on any atom is 0.271 e. The highest BCUT2D eigenvalue weighted by atomic mass is 16.2. The van der Waals surface area contributed by atoms with Crippen molar-refractivity contribution in [2.75, 3.05) is 19.6 Å². The van der Waals surface area contributed by atoms with E-state index in [9.17, 15) is 4.79 Å². The first kappa shape index (κ1) is 14.8. The molecule has 5 heteroatoms. The molecule has 5 nitrogen and oxygen atoms in total. The standard InChI is InChI=1S/C15H24N4O/c1-3-4-5-9-19-11-6-13(7-12-19)16-15(20)14-8-10-18(2)17-14/h3,8,10,13H,1,4-7,9,11-12H2,2H3,(H,16,20). The van der Waals surface area contributed by atoms with Crippen molar-refractivity contribution in [3.63, 3.8) is 0 Å². The van der Waals surface area contributed by atoms with Crippen LogP contribution in [0, 0.1) is 0 Å². The highest BCUT2D eigenvalue weighted by Crippen LogP contribution is 2.11. The van der Waals surface area contributed by atoms with Crippen molar-refractivity contribution in [1.29, 1.82) is 0 Å². The molecule has 0 radical (unpaired) electrons. The Morgan fingerprint density at radius 1 is 1.55 bits per heavy atom. The molecule has 0 unspecified atom stereocenters. The fourth-order valence-electron chi connectivity index (χ4n) is 2.56. The van der Waals surface area contributed by atoms with Crippen molar-refractivity contribution in [2.24, 2.45) is 7.05 Å². The molecule has 0 bridgehead atoms. The van der Waals surface area contributed by atoms with E-state index in [1.807, 2.05) is 13.1 Å². The van der Waals surface area contributed by atoms with Crippen LogP contribution in [0.4, 0.5) is 0 Å². The van der Waals surface area contributed by atoms with Crippen LogP contribution in [0.5, 0.6) is 0 Å². The third-order valence-corrected chi connectivity index (χ3v) is 3.75. The molecule has 1 N–H and O–H groups in total. The van der Waals surface area contributed by atoms with Crippen LogP contribution in [0.2, 0.25) is 0 Å². The number of carbonyl (C=O) groups is 1. The number of carbonyl (C=O) groups excluding carboxylic acids is 1. The number of nitrogens with one attached hydrogen (secondary N) is 1. The fraction of sp³-hybridized carbons (Fsp3) is 0.600. The SMILES string of the molecule is C=CCCCN1CCC(NC(=O)c2ccn(C)n2)CC1. The smallest absolute Gasteiger partial charge is 0.271 e. The molecule has 0 aliphatic carbocycles. The molecule has 1 aromatic heterocycles. The lowest BCUT2D eigenvalue weighted by atomic mass is 10.0. The van der Waals surface area contributed by atoms with E-state index >= 15 is 0 Å². The third kappa shape index (κ3) is 4.20. The predicted molar refractivity (Wildman–Crippen MR) is 79.6 cm³/mol. The summed E-state index contributed by atoms with van der Waals surface area (Å²) < 4.78 is 1.65. The predicted octanol–water partition coefficient (Wildman–Crippen LogP) is 1.58. The zero-order chi connectivity index (χ0) is 14.4. The van der Waals surface area contributed by atoms with Gasteiger partial charge in [0.25, 0.3) is 5.91 Å². The van der Waals surface area contributed by atoms with E-state index < -0.39 is 0 Å². The second kappa shape index (κ2) is 7.24. The van der Waals surface area contributed by atoms with Crippen LogP contribution in [0.25, 0.3) is 0 Å². The molecule has 0 saturated carbocycles. The maximum atomic E-state index is 12.0. The van der Waals surface area contributed by atoms with Gasteiger partial charge >= 0.3 is 0 Å². The fourth-order valence-corrected chi connectivity index (χ4v) is 2.56. The van der Waals surface area contributed by atoms with E-state index in [1.165, 1.54) is 6.42 Å². The van der Waals surface area contributed by atoms with Gasteiger partial charge in [-0.3, -0.25) is 9.48 Å². The Morgan fingerprint density at radius 2 is 2.30 bits per heavy atom. The normalized spacial score (nSPS) is 17.1. The van der Waals surface area contributed by atoms with Crippen LogP contribution < -0.4 is 5.32 Å². The van der Waals surface area contributed by atoms with E-state index in [2.05, 4.69) is 21.9 Å². The first-order valence-electron chi connectivity index (χ1n) is 7.33. The number of nitrogens with zero attached hydrogens (tertiary/aromatic N) is 3. The van der Waals surface area contributed by atoms with Crippen LogP contribution in [0.15, 0.2) is 24.9 Å². The summed E-state index contributed by atoms with van der Waals surface area (Å²) in [4.78, 5) is 14.5. The van der Waals surface area contributed by atoms with E-state index in [4.69, 9.17) is 0 Å². The summed E-state index contributed by atoms with van der Waals surface area (Å²) in [5.74, 6) is -0.0595. The molecule has 0 atom stereocenters. The highest BCUT2D eigenvalue weighted by molar-refractivity contribution is 5.92. The van der Waals surface area contributed by atoms with Crippen LogP contribution in [0.3, 0.4) is 0 Å². The van der Waals surface area contributed by atoms with E-state index in [0.29, 0.717) is 5.69 Å². The van der Waals surface area contributed by atoms with Crippen LogP contribution >= 0.6 is 0 Å². The average molecular weight is 276 g/mol. The van der Waals surface area contributed by atoms with Crippen LogP contribution in [-0.4, -0.2) is 46.3 Å². The minimum atomic E-state index is -0.0595. The highest BCUT2D eigenvalue weighted by Gasteiger charge is 2.21. The number of allylic oxidation sites excluding steroid dienone is 1. The molecule has 20 heavy (non-hydrogen) atoms. The zero-order valence-electron chi connectivity index (χ0n) is 12.2. The number of hydrogen-bond donors (Lipinski definition) is 1. The van der Waals surface area contributed by atoms with Gasteiger partial charge < -0.3 is 10.2 Å². The van der Waals surface area contributed by atoms with Crippen molar-refractivity contribution in [2.45, 2.75) is 31.7 Å². The minimum Gasteiger partial charge on any atom is -0.348 e. The molecular formula is C15H24N4O. The quantitative estimate of drug-likeness (QED) is 0.634. The molecule has 2 rings (SSSR count). The van der Waals surface area contributed by atoms with Crippen molar-refractivity contribution in [1.82, 2.24) is 20.0 Å². The van der Waals surface area contributed by atoms with Gasteiger partial charge in [-0.1, -0.05) is 6.08 Å². The lowest BCUT2D eigenvalue weighted by molar-refractivity contribution is 0.0905. The molecule has 2 heterocycles. The summed E-state index contributed by atoms with van der Waals surface area (Å²) in [7, 11) is 1.82. The largest absolute Gasteiger partial charge is 0.348 e. The topological polar surface area (TPSA) is 50.2 Å². The molecule has 1 aliphatic heterocycles. The van der Waals surface area contributed by atoms with Gasteiger partial charge in [0.2, 0.25) is 0 Å². The maximum absolute atomic E-state index is 12.0. The number of aryl methyl sites for hydroxylation is 1. The van der Waals surface area contributed by atoms with E-state index in [-0.39, 0.29) is 11.9 Å². The molecule has 1 fully saturated rings. The summed E-state index contributed by atoms with van der Waals surface area (Å²) in [6.45, 7) is 7.00. The monoisotopic (exact) mass is 276 g/mol. The third-order valence-electron chi connectivity index (χ3n) is 3.75. The summed E-state index contributed by atoms with van der Waals surface area (Å²) >= 11 is 0. The number of amides is 1. The van der Waals surface area contributed by atoms with Crippen molar-refractivity contribution < 1.29 is 4.79 Å². The van der Waals surface area contributed by atoms with E-state index in [1.54, 1.807) is 16.9 Å². The Bertz CT molecular complexity index is 446. The van der Waals surface area contributed by atoms with Gasteiger partial charge in [0, 0.05) is 32.4 Å². The summed E-state index contributed by atoms with van der Waals surface area (Å²) in [5.41, 5.74) is 0.501. The molecule has 1 aromatic rings. The van der Waals surface area contributed by atoms with Gasteiger partial charge in [-0.05, 0) is 38.3 Å². The minimum absolute atomic E-state index is 0.0595. The number of rotatable bonds is 6.